The van der Waals surface area contributed by atoms with Crippen LogP contribution < -0.4 is 0 Å². The number of carbonyl (C=O) groups excluding carboxylic acids is 1. The molecule has 10 atom stereocenters. The molecule has 5 bridgehead atoms. The van der Waals surface area contributed by atoms with Crippen LogP contribution in [-0.2, 0) is 23.7 Å². The van der Waals surface area contributed by atoms with Crippen LogP contribution >= 0.6 is 0 Å². The van der Waals surface area contributed by atoms with Crippen LogP contribution in [0, 0.1) is 17.8 Å². The number of piperidine rings is 1. The Morgan fingerprint density at radius 2 is 2.14 bits per heavy atom. The summed E-state index contributed by atoms with van der Waals surface area (Å²) >= 11 is 0. The zero-order valence-corrected chi connectivity index (χ0v) is 17.3. The molecule has 0 N–H and O–H groups in total. The fourth-order valence-corrected chi connectivity index (χ4v) is 8.05. The second-order valence-corrected chi connectivity index (χ2v) is 9.75. The standard InChI is InChI=1S/C22H31NO5/c1-5-6-8-21-14-7-9-23(21)13-10-15(21)27-22(14)16(13)11(2)18(28-22)19-17(25-4)12(3)20(24)26-19/h11,13-16,18-19H,5-10H2,1-4H3/t11-,13-,14+,15-,16+,18-,19-,21-,22+/m0/s1. The van der Waals surface area contributed by atoms with Gasteiger partial charge in [-0.05, 0) is 38.6 Å². The lowest BCUT2D eigenvalue weighted by Crippen LogP contribution is -2.61. The third kappa shape index (κ3) is 1.72. The summed E-state index contributed by atoms with van der Waals surface area (Å²) in [6.45, 7) is 7.49. The first-order valence-corrected chi connectivity index (χ1v) is 11.1. The normalized spacial score (nSPS) is 55.4. The molecule has 6 heteroatoms. The number of ether oxygens (including phenoxy) is 4. The van der Waals surface area contributed by atoms with E-state index in [1.807, 2.05) is 0 Å². The summed E-state index contributed by atoms with van der Waals surface area (Å²) in [5, 5.41) is 0. The number of carbonyl (C=O) groups is 1. The van der Waals surface area contributed by atoms with Crippen molar-refractivity contribution in [1.29, 1.82) is 0 Å². The minimum absolute atomic E-state index is 0.175. The van der Waals surface area contributed by atoms with Crippen molar-refractivity contribution in [3.8, 4) is 0 Å². The number of fused-ring (bicyclic) bond motifs is 1. The van der Waals surface area contributed by atoms with Crippen LogP contribution in [0.1, 0.15) is 52.9 Å². The highest BCUT2D eigenvalue weighted by molar-refractivity contribution is 5.91. The van der Waals surface area contributed by atoms with E-state index >= 15 is 0 Å². The van der Waals surface area contributed by atoms with Gasteiger partial charge in [0.1, 0.15) is 11.9 Å². The SMILES string of the molecule is CCCC[C@@]12[C@@H]3C[C@H]4[C@H]5[C@H](C)[C@@H]([C@H]6OC(=O)C(C)=C6OC)O[C@]5(O3)[C@@H]1CCN42. The summed E-state index contributed by atoms with van der Waals surface area (Å²) in [7, 11) is 1.62. The lowest BCUT2D eigenvalue weighted by atomic mass is 9.69. The van der Waals surface area contributed by atoms with Gasteiger partial charge in [0.05, 0.1) is 24.3 Å². The van der Waals surface area contributed by atoms with Crippen LogP contribution in [0.2, 0.25) is 0 Å². The molecule has 0 aromatic heterocycles. The minimum Gasteiger partial charge on any atom is -0.496 e. The van der Waals surface area contributed by atoms with Crippen LogP contribution in [-0.4, -0.2) is 60.2 Å². The summed E-state index contributed by atoms with van der Waals surface area (Å²) < 4.78 is 25.0. The number of hydrogen-bond acceptors (Lipinski definition) is 6. The van der Waals surface area contributed by atoms with Gasteiger partial charge in [0.15, 0.2) is 11.9 Å². The summed E-state index contributed by atoms with van der Waals surface area (Å²) in [6.07, 6.45) is 5.60. The third-order valence-corrected chi connectivity index (χ3v) is 8.92. The fourth-order valence-electron chi connectivity index (χ4n) is 8.05. The second kappa shape index (κ2) is 5.52. The Bertz CT molecular complexity index is 766. The van der Waals surface area contributed by atoms with Crippen molar-refractivity contribution in [3.63, 3.8) is 0 Å². The van der Waals surface area contributed by atoms with Gasteiger partial charge in [-0.15, -0.1) is 0 Å². The van der Waals surface area contributed by atoms with Gasteiger partial charge in [-0.3, -0.25) is 4.90 Å². The quantitative estimate of drug-likeness (QED) is 0.674. The topological polar surface area (TPSA) is 57.2 Å². The molecular weight excluding hydrogens is 358 g/mol. The van der Waals surface area contributed by atoms with E-state index in [-0.39, 0.29) is 23.5 Å². The molecule has 6 nitrogen and oxygen atoms in total. The van der Waals surface area contributed by atoms with Gasteiger partial charge in [-0.2, -0.15) is 0 Å². The van der Waals surface area contributed by atoms with Crippen molar-refractivity contribution in [2.45, 2.75) is 88.6 Å². The first kappa shape index (κ1) is 17.7. The van der Waals surface area contributed by atoms with Crippen LogP contribution in [0.4, 0.5) is 0 Å². The van der Waals surface area contributed by atoms with Gasteiger partial charge in [0, 0.05) is 17.9 Å². The van der Waals surface area contributed by atoms with E-state index in [0.717, 1.165) is 12.8 Å². The zero-order chi connectivity index (χ0) is 19.4. The van der Waals surface area contributed by atoms with Crippen LogP contribution in [0.5, 0.6) is 0 Å². The predicted molar refractivity (Wildman–Crippen MR) is 100 cm³/mol. The highest BCUT2D eigenvalue weighted by Crippen LogP contribution is 2.72. The van der Waals surface area contributed by atoms with Crippen molar-refractivity contribution in [2.24, 2.45) is 17.8 Å². The molecule has 1 unspecified atom stereocenters. The molecule has 28 heavy (non-hydrogen) atoms. The van der Waals surface area contributed by atoms with E-state index in [2.05, 4.69) is 18.7 Å². The number of esters is 1. The van der Waals surface area contributed by atoms with Crippen LogP contribution in [0.25, 0.3) is 0 Å². The van der Waals surface area contributed by atoms with E-state index in [9.17, 15) is 4.79 Å². The molecule has 6 aliphatic heterocycles. The van der Waals surface area contributed by atoms with Gasteiger partial charge in [-0.1, -0.05) is 26.7 Å². The molecule has 0 aliphatic carbocycles. The largest absolute Gasteiger partial charge is 0.496 e. The number of methoxy groups -OCH3 is 1. The van der Waals surface area contributed by atoms with E-state index in [0.29, 0.717) is 35.3 Å². The van der Waals surface area contributed by atoms with Gasteiger partial charge >= 0.3 is 5.97 Å². The Hall–Kier alpha value is -1.11. The van der Waals surface area contributed by atoms with E-state index < -0.39 is 11.9 Å². The van der Waals surface area contributed by atoms with Crippen molar-refractivity contribution in [3.05, 3.63) is 11.3 Å². The summed E-state index contributed by atoms with van der Waals surface area (Å²) in [5.74, 6) is 0.872. The van der Waals surface area contributed by atoms with Crippen molar-refractivity contribution in [2.75, 3.05) is 13.7 Å². The maximum absolute atomic E-state index is 12.2. The van der Waals surface area contributed by atoms with Gasteiger partial charge in [-0.25, -0.2) is 4.79 Å². The van der Waals surface area contributed by atoms with Gasteiger partial charge in [0.25, 0.3) is 0 Å². The number of hydrogen-bond donors (Lipinski definition) is 0. The Balaban J connectivity index is 1.39. The third-order valence-electron chi connectivity index (χ3n) is 8.92. The zero-order valence-electron chi connectivity index (χ0n) is 17.3. The Labute approximate surface area is 166 Å². The molecule has 0 saturated carbocycles. The molecule has 6 aliphatic rings. The predicted octanol–water partition coefficient (Wildman–Crippen LogP) is 2.62. The van der Waals surface area contributed by atoms with Crippen molar-refractivity contribution < 1.29 is 23.7 Å². The molecule has 6 rings (SSSR count). The second-order valence-electron chi connectivity index (χ2n) is 9.75. The first-order valence-electron chi connectivity index (χ1n) is 11.1. The fraction of sp³-hybridized carbons (Fsp3) is 0.864. The molecule has 6 heterocycles. The summed E-state index contributed by atoms with van der Waals surface area (Å²) in [6, 6.07) is 0.530. The highest BCUT2D eigenvalue weighted by atomic mass is 16.7. The Morgan fingerprint density at radius 3 is 2.89 bits per heavy atom. The van der Waals surface area contributed by atoms with Crippen molar-refractivity contribution >= 4 is 5.97 Å². The maximum Gasteiger partial charge on any atom is 0.338 e. The lowest BCUT2D eigenvalue weighted by Gasteiger charge is -2.49. The molecule has 0 aromatic carbocycles. The monoisotopic (exact) mass is 389 g/mol. The Morgan fingerprint density at radius 1 is 1.32 bits per heavy atom. The molecule has 1 spiro atoms. The number of nitrogens with zero attached hydrogens (tertiary/aromatic N) is 1. The summed E-state index contributed by atoms with van der Waals surface area (Å²) in [4.78, 5) is 15.0. The van der Waals surface area contributed by atoms with Crippen molar-refractivity contribution in [1.82, 2.24) is 4.90 Å². The van der Waals surface area contributed by atoms with Crippen LogP contribution in [0.15, 0.2) is 11.3 Å². The highest BCUT2D eigenvalue weighted by Gasteiger charge is 2.83. The molecule has 154 valence electrons. The minimum atomic E-state index is -0.500. The van der Waals surface area contributed by atoms with Gasteiger partial charge < -0.3 is 18.9 Å². The maximum atomic E-state index is 12.2. The molecule has 0 aromatic rings. The number of rotatable bonds is 5. The lowest BCUT2D eigenvalue weighted by molar-refractivity contribution is -0.280. The smallest absolute Gasteiger partial charge is 0.338 e. The molecular formula is C22H31NO5. The average molecular weight is 389 g/mol. The molecule has 0 radical (unpaired) electrons. The van der Waals surface area contributed by atoms with E-state index in [1.54, 1.807) is 14.0 Å². The summed E-state index contributed by atoms with van der Waals surface area (Å²) in [5.41, 5.74) is 0.739. The number of cyclic esters (lactones) is 1. The molecule has 5 fully saturated rings. The molecule has 0 amide bonds. The molecule has 5 saturated heterocycles. The van der Waals surface area contributed by atoms with Gasteiger partial charge in [0.2, 0.25) is 0 Å². The first-order chi connectivity index (χ1) is 13.5. The van der Waals surface area contributed by atoms with Crippen LogP contribution in [0.3, 0.4) is 0 Å². The van der Waals surface area contributed by atoms with E-state index in [1.165, 1.54) is 25.8 Å². The van der Waals surface area contributed by atoms with E-state index in [4.69, 9.17) is 18.9 Å². The average Bonchev–Trinajstić information content (AvgIpc) is 3.38. The number of unbranched alkanes of at least 4 members (excludes halogenated alkanes) is 1. The Kier molecular flexibility index (Phi) is 3.50.